The van der Waals surface area contributed by atoms with Crippen LogP contribution in [0.25, 0.3) is 40.3 Å². The third-order valence-electron chi connectivity index (χ3n) is 6.63. The highest BCUT2D eigenvalue weighted by Gasteiger charge is 2.22. The molecule has 0 nitrogen and oxygen atoms in total. The molecule has 0 aliphatic rings. The first-order chi connectivity index (χ1) is 21.0. The highest BCUT2D eigenvalue weighted by molar-refractivity contribution is 7.28. The Bertz CT molecular complexity index is 1980. The van der Waals surface area contributed by atoms with Crippen LogP contribution in [0.15, 0.2) is 136 Å². The Morgan fingerprint density at radius 1 is 0.767 bits per heavy atom. The minimum Gasteiger partial charge on any atom is -0.134 e. The SMILES string of the molecule is C=C/C=C(/C#Cc1c2sc3ccccc3c2c(C#CC(C=C)(C=C)CC=C)c2sc3ccccc3c12)C=C.C=CC.CC. The van der Waals surface area contributed by atoms with Crippen LogP contribution < -0.4 is 0 Å². The maximum absolute atomic E-state index is 4.06. The summed E-state index contributed by atoms with van der Waals surface area (Å²) in [5, 5.41) is 4.68. The van der Waals surface area contributed by atoms with Gasteiger partial charge in [0.25, 0.3) is 0 Å². The Kier molecular flexibility index (Phi) is 11.9. The van der Waals surface area contributed by atoms with E-state index in [1.807, 2.05) is 45.1 Å². The van der Waals surface area contributed by atoms with Crippen LogP contribution in [-0.2, 0) is 0 Å². The van der Waals surface area contributed by atoms with Crippen molar-refractivity contribution in [1.82, 2.24) is 0 Å². The Hall–Kier alpha value is -4.60. The molecule has 0 saturated heterocycles. The lowest BCUT2D eigenvalue weighted by Gasteiger charge is -2.17. The van der Waals surface area contributed by atoms with Crippen molar-refractivity contribution in [2.45, 2.75) is 27.2 Å². The van der Waals surface area contributed by atoms with Crippen LogP contribution in [0.1, 0.15) is 38.3 Å². The number of hydrogen-bond acceptors (Lipinski definition) is 2. The number of rotatable bonds is 6. The maximum Gasteiger partial charge on any atom is 0.0706 e. The molecule has 43 heavy (non-hydrogen) atoms. The van der Waals surface area contributed by atoms with Crippen molar-refractivity contribution in [2.75, 3.05) is 0 Å². The first-order valence-electron chi connectivity index (χ1n) is 14.2. The summed E-state index contributed by atoms with van der Waals surface area (Å²) in [5.74, 6) is 14.0. The van der Waals surface area contributed by atoms with Gasteiger partial charge in [0, 0.05) is 36.5 Å². The maximum atomic E-state index is 4.06. The second-order valence-electron chi connectivity index (χ2n) is 9.27. The summed E-state index contributed by atoms with van der Waals surface area (Å²) in [6.45, 7) is 29.0. The van der Waals surface area contributed by atoms with Crippen LogP contribution in [-0.4, -0.2) is 0 Å². The van der Waals surface area contributed by atoms with Gasteiger partial charge in [-0.1, -0.05) is 124 Å². The molecule has 0 atom stereocenters. The van der Waals surface area contributed by atoms with Crippen molar-refractivity contribution in [3.05, 3.63) is 147 Å². The van der Waals surface area contributed by atoms with Crippen molar-refractivity contribution >= 4 is 63.0 Å². The monoisotopic (exact) mass is 594 g/mol. The van der Waals surface area contributed by atoms with Crippen LogP contribution in [0.2, 0.25) is 0 Å². The molecule has 5 aromatic rings. The average molecular weight is 595 g/mol. The molecule has 0 radical (unpaired) electrons. The third kappa shape index (κ3) is 6.74. The second-order valence-corrected chi connectivity index (χ2v) is 11.4. The molecule has 214 valence electrons. The smallest absolute Gasteiger partial charge is 0.0706 e. The first kappa shape index (κ1) is 32.9. The third-order valence-corrected chi connectivity index (χ3v) is 9.00. The first-order valence-corrected chi connectivity index (χ1v) is 15.9. The standard InChI is InChI=1S/C36H26S2.C3H6.C2H6/c1-6-15-25(8-3)20-21-28-32-26-16-11-13-18-30(26)38-35(32)29(22-24-36(9-4,10-5)23-7-2)33-27-17-12-14-19-31(27)37-34(28)33;1-3-2;1-2/h6-19H,1-5,23H2;3H,1H2,2H3;1-2H3/b25-15+;;. The fraction of sp³-hybridized carbons (Fsp3) is 0.122. The normalized spacial score (nSPS) is 10.6. The summed E-state index contributed by atoms with van der Waals surface area (Å²) in [7, 11) is 0. The molecule has 0 bridgehead atoms. The highest BCUT2D eigenvalue weighted by atomic mass is 32.1. The zero-order chi connectivity index (χ0) is 31.4. The molecular weight excluding hydrogens is 557 g/mol. The van der Waals surface area contributed by atoms with Crippen LogP contribution >= 0.6 is 22.7 Å². The van der Waals surface area contributed by atoms with Gasteiger partial charge < -0.3 is 0 Å². The topological polar surface area (TPSA) is 0 Å². The predicted molar refractivity (Wildman–Crippen MR) is 199 cm³/mol. The number of allylic oxidation sites excluding steroid dienone is 8. The van der Waals surface area contributed by atoms with E-state index in [-0.39, 0.29) is 0 Å². The van der Waals surface area contributed by atoms with E-state index in [0.29, 0.717) is 6.42 Å². The molecule has 0 N–H and O–H groups in total. The van der Waals surface area contributed by atoms with E-state index in [1.165, 1.54) is 20.2 Å². The molecule has 2 heterocycles. The van der Waals surface area contributed by atoms with Gasteiger partial charge in [0.15, 0.2) is 0 Å². The van der Waals surface area contributed by atoms with E-state index in [1.54, 1.807) is 40.9 Å². The fourth-order valence-electron chi connectivity index (χ4n) is 4.65. The Morgan fingerprint density at radius 3 is 1.70 bits per heavy atom. The Morgan fingerprint density at radius 2 is 1.26 bits per heavy atom. The summed E-state index contributed by atoms with van der Waals surface area (Å²) in [4.78, 5) is 0. The van der Waals surface area contributed by atoms with E-state index in [0.717, 1.165) is 36.9 Å². The lowest BCUT2D eigenvalue weighted by Crippen LogP contribution is -2.10. The molecule has 0 unspecified atom stereocenters. The molecule has 0 aliphatic heterocycles. The van der Waals surface area contributed by atoms with Crippen molar-refractivity contribution in [3.8, 4) is 23.7 Å². The molecular formula is C41H38S2. The van der Waals surface area contributed by atoms with Crippen molar-refractivity contribution in [3.63, 3.8) is 0 Å². The highest BCUT2D eigenvalue weighted by Crippen LogP contribution is 2.47. The van der Waals surface area contributed by atoms with Gasteiger partial charge in [0.1, 0.15) is 0 Å². The molecule has 2 aromatic heterocycles. The Balaban J connectivity index is 0.000000953. The van der Waals surface area contributed by atoms with Gasteiger partial charge in [-0.3, -0.25) is 0 Å². The summed E-state index contributed by atoms with van der Waals surface area (Å²) < 4.78 is 4.72. The summed E-state index contributed by atoms with van der Waals surface area (Å²) in [6.07, 6.45) is 13.4. The molecule has 0 saturated carbocycles. The number of thiophene rings is 2. The molecule has 0 amide bonds. The number of fused-ring (bicyclic) bond motifs is 6. The zero-order valence-corrected chi connectivity index (χ0v) is 27.1. The minimum atomic E-state index is -0.546. The number of benzene rings is 3. The molecule has 0 spiro atoms. The molecule has 3 aromatic carbocycles. The van der Waals surface area contributed by atoms with Crippen LogP contribution in [0, 0.1) is 29.1 Å². The van der Waals surface area contributed by atoms with E-state index < -0.39 is 5.41 Å². The van der Waals surface area contributed by atoms with Crippen molar-refractivity contribution in [2.24, 2.45) is 5.41 Å². The average Bonchev–Trinajstić information content (AvgIpc) is 3.62. The summed E-state index contributed by atoms with van der Waals surface area (Å²) >= 11 is 3.54. The second kappa shape index (κ2) is 15.6. The zero-order valence-electron chi connectivity index (χ0n) is 25.4. The van der Waals surface area contributed by atoms with Crippen LogP contribution in [0.4, 0.5) is 0 Å². The predicted octanol–water partition coefficient (Wildman–Crippen LogP) is 12.6. The Labute approximate surface area is 265 Å². The van der Waals surface area contributed by atoms with Gasteiger partial charge in [0.05, 0.1) is 25.9 Å². The number of hydrogen-bond donors (Lipinski definition) is 0. The molecule has 0 aliphatic carbocycles. The van der Waals surface area contributed by atoms with Crippen LogP contribution in [0.3, 0.4) is 0 Å². The van der Waals surface area contributed by atoms with Crippen molar-refractivity contribution < 1.29 is 0 Å². The largest absolute Gasteiger partial charge is 0.134 e. The van der Waals surface area contributed by atoms with E-state index in [9.17, 15) is 0 Å². The van der Waals surface area contributed by atoms with E-state index >= 15 is 0 Å². The van der Waals surface area contributed by atoms with E-state index in [2.05, 4.69) is 112 Å². The van der Waals surface area contributed by atoms with E-state index in [4.69, 9.17) is 0 Å². The van der Waals surface area contributed by atoms with Gasteiger partial charge in [0.2, 0.25) is 0 Å². The quantitative estimate of drug-likeness (QED) is 0.104. The molecule has 5 rings (SSSR count). The van der Waals surface area contributed by atoms with Gasteiger partial charge in [-0.25, -0.2) is 0 Å². The van der Waals surface area contributed by atoms with Gasteiger partial charge in [-0.05, 0) is 31.6 Å². The molecule has 2 heteroatoms. The minimum absolute atomic E-state index is 0.546. The fourth-order valence-corrected chi connectivity index (χ4v) is 7.08. The van der Waals surface area contributed by atoms with Crippen LogP contribution in [0.5, 0.6) is 0 Å². The van der Waals surface area contributed by atoms with Gasteiger partial charge in [-0.2, -0.15) is 0 Å². The van der Waals surface area contributed by atoms with Crippen molar-refractivity contribution in [1.29, 1.82) is 0 Å². The lowest BCUT2D eigenvalue weighted by atomic mass is 9.85. The lowest BCUT2D eigenvalue weighted by molar-refractivity contribution is 0.674. The van der Waals surface area contributed by atoms with Gasteiger partial charge in [-0.15, -0.1) is 49.0 Å². The van der Waals surface area contributed by atoms with Gasteiger partial charge >= 0.3 is 0 Å². The summed E-state index contributed by atoms with van der Waals surface area (Å²) in [5.41, 5.74) is 2.34. The molecule has 0 fully saturated rings. The summed E-state index contributed by atoms with van der Waals surface area (Å²) in [6, 6.07) is 17.0.